The summed E-state index contributed by atoms with van der Waals surface area (Å²) in [4.78, 5) is 0. The number of phenolic OH excluding ortho intramolecular Hbond substituents is 1. The standard InChI is InChI=1S/C12H16N4O/c1-10(11-3-2-4-12(17)9-11)13-5-7-16-8-6-14-15-16/h2-4,6,8-10,13,17H,5,7H2,1H3. The van der Waals surface area contributed by atoms with Crippen LogP contribution in [0, 0.1) is 0 Å². The summed E-state index contributed by atoms with van der Waals surface area (Å²) in [6.07, 6.45) is 3.50. The van der Waals surface area contributed by atoms with E-state index in [2.05, 4.69) is 22.6 Å². The Labute approximate surface area is 100 Å². The molecule has 0 saturated carbocycles. The number of benzene rings is 1. The van der Waals surface area contributed by atoms with Crippen molar-refractivity contribution in [1.82, 2.24) is 20.3 Å². The maximum atomic E-state index is 9.39. The molecule has 0 radical (unpaired) electrons. The third-order valence-corrected chi connectivity index (χ3v) is 2.63. The molecule has 0 aliphatic heterocycles. The zero-order valence-electron chi connectivity index (χ0n) is 9.74. The van der Waals surface area contributed by atoms with Gasteiger partial charge in [0.15, 0.2) is 0 Å². The zero-order valence-corrected chi connectivity index (χ0v) is 9.74. The molecule has 0 fully saturated rings. The molecular formula is C12H16N4O. The Morgan fingerprint density at radius 3 is 3.06 bits per heavy atom. The van der Waals surface area contributed by atoms with Gasteiger partial charge in [0.05, 0.1) is 12.7 Å². The molecule has 1 heterocycles. The van der Waals surface area contributed by atoms with Crippen molar-refractivity contribution in [2.75, 3.05) is 6.54 Å². The van der Waals surface area contributed by atoms with Crippen molar-refractivity contribution in [3.8, 4) is 5.75 Å². The highest BCUT2D eigenvalue weighted by Crippen LogP contribution is 2.17. The predicted octanol–water partition coefficient (Wildman–Crippen LogP) is 1.33. The molecule has 0 aliphatic rings. The van der Waals surface area contributed by atoms with E-state index in [1.165, 1.54) is 0 Å². The zero-order chi connectivity index (χ0) is 12.1. The second-order valence-electron chi connectivity index (χ2n) is 3.94. The Kier molecular flexibility index (Phi) is 3.72. The molecule has 5 heteroatoms. The minimum absolute atomic E-state index is 0.200. The fraction of sp³-hybridized carbons (Fsp3) is 0.333. The normalized spacial score (nSPS) is 12.5. The molecule has 17 heavy (non-hydrogen) atoms. The molecule has 0 bridgehead atoms. The average molecular weight is 232 g/mol. The van der Waals surface area contributed by atoms with E-state index >= 15 is 0 Å². The number of rotatable bonds is 5. The minimum atomic E-state index is 0.200. The molecule has 1 unspecified atom stereocenters. The van der Waals surface area contributed by atoms with Crippen LogP contribution in [0.15, 0.2) is 36.7 Å². The van der Waals surface area contributed by atoms with Crippen LogP contribution in [0.1, 0.15) is 18.5 Å². The maximum absolute atomic E-state index is 9.39. The second kappa shape index (κ2) is 5.45. The van der Waals surface area contributed by atoms with Crippen molar-refractivity contribution in [1.29, 1.82) is 0 Å². The van der Waals surface area contributed by atoms with Gasteiger partial charge >= 0.3 is 0 Å². The van der Waals surface area contributed by atoms with Gasteiger partial charge in [-0.15, -0.1) is 5.10 Å². The van der Waals surface area contributed by atoms with Gasteiger partial charge in [0.25, 0.3) is 0 Å². The van der Waals surface area contributed by atoms with Gasteiger partial charge in [0.1, 0.15) is 5.75 Å². The van der Waals surface area contributed by atoms with Gasteiger partial charge in [0, 0.05) is 18.8 Å². The van der Waals surface area contributed by atoms with Crippen molar-refractivity contribution in [3.05, 3.63) is 42.2 Å². The SMILES string of the molecule is CC(NCCn1ccnn1)c1cccc(O)c1. The van der Waals surface area contributed by atoms with Crippen molar-refractivity contribution >= 4 is 0 Å². The van der Waals surface area contributed by atoms with Gasteiger partial charge in [-0.2, -0.15) is 0 Å². The molecular weight excluding hydrogens is 216 g/mol. The third kappa shape index (κ3) is 3.29. The minimum Gasteiger partial charge on any atom is -0.508 e. The van der Waals surface area contributed by atoms with Crippen LogP contribution in [-0.2, 0) is 6.54 Å². The smallest absolute Gasteiger partial charge is 0.115 e. The van der Waals surface area contributed by atoms with E-state index in [9.17, 15) is 5.11 Å². The van der Waals surface area contributed by atoms with Crippen LogP contribution < -0.4 is 5.32 Å². The molecule has 1 atom stereocenters. The van der Waals surface area contributed by atoms with Crippen molar-refractivity contribution in [3.63, 3.8) is 0 Å². The topological polar surface area (TPSA) is 63.0 Å². The largest absolute Gasteiger partial charge is 0.508 e. The molecule has 2 rings (SSSR count). The lowest BCUT2D eigenvalue weighted by Crippen LogP contribution is -2.23. The number of aromatic hydroxyl groups is 1. The average Bonchev–Trinajstić information content (AvgIpc) is 2.82. The summed E-state index contributed by atoms with van der Waals surface area (Å²) in [5, 5.41) is 20.4. The summed E-state index contributed by atoms with van der Waals surface area (Å²) in [5.74, 6) is 0.299. The van der Waals surface area contributed by atoms with Gasteiger partial charge < -0.3 is 10.4 Å². The molecule has 0 saturated heterocycles. The van der Waals surface area contributed by atoms with E-state index < -0.39 is 0 Å². The van der Waals surface area contributed by atoms with Crippen molar-refractivity contribution < 1.29 is 5.11 Å². The molecule has 1 aromatic heterocycles. The Bertz CT molecular complexity index is 455. The van der Waals surface area contributed by atoms with Gasteiger partial charge in [-0.3, -0.25) is 4.68 Å². The lowest BCUT2D eigenvalue weighted by atomic mass is 10.1. The van der Waals surface area contributed by atoms with E-state index in [1.54, 1.807) is 23.0 Å². The molecule has 0 spiro atoms. The number of hydrogen-bond donors (Lipinski definition) is 2. The third-order valence-electron chi connectivity index (χ3n) is 2.63. The summed E-state index contributed by atoms with van der Waals surface area (Å²) < 4.78 is 1.78. The first-order valence-corrected chi connectivity index (χ1v) is 5.62. The Balaban J connectivity index is 1.83. The van der Waals surface area contributed by atoms with E-state index in [0.29, 0.717) is 5.75 Å². The van der Waals surface area contributed by atoms with Crippen LogP contribution in [0.5, 0.6) is 5.75 Å². The molecule has 5 nitrogen and oxygen atoms in total. The highest BCUT2D eigenvalue weighted by Gasteiger charge is 2.04. The first-order chi connectivity index (χ1) is 8.25. The van der Waals surface area contributed by atoms with E-state index in [1.807, 2.05) is 18.3 Å². The van der Waals surface area contributed by atoms with Gasteiger partial charge in [-0.05, 0) is 24.6 Å². The summed E-state index contributed by atoms with van der Waals surface area (Å²) in [5.41, 5.74) is 1.07. The molecule has 2 N–H and O–H groups in total. The van der Waals surface area contributed by atoms with Gasteiger partial charge in [-0.25, -0.2) is 0 Å². The van der Waals surface area contributed by atoms with Crippen LogP contribution in [0.2, 0.25) is 0 Å². The van der Waals surface area contributed by atoms with Crippen LogP contribution in [-0.4, -0.2) is 26.6 Å². The van der Waals surface area contributed by atoms with E-state index in [0.717, 1.165) is 18.7 Å². The highest BCUT2D eigenvalue weighted by atomic mass is 16.3. The van der Waals surface area contributed by atoms with Crippen LogP contribution in [0.4, 0.5) is 0 Å². The lowest BCUT2D eigenvalue weighted by Gasteiger charge is -2.14. The van der Waals surface area contributed by atoms with E-state index in [-0.39, 0.29) is 6.04 Å². The second-order valence-corrected chi connectivity index (χ2v) is 3.94. The first kappa shape index (κ1) is 11.6. The van der Waals surface area contributed by atoms with Crippen LogP contribution in [0.25, 0.3) is 0 Å². The van der Waals surface area contributed by atoms with Gasteiger partial charge in [0.2, 0.25) is 0 Å². The number of phenols is 1. The highest BCUT2D eigenvalue weighted by molar-refractivity contribution is 5.28. The summed E-state index contributed by atoms with van der Waals surface area (Å²) in [6, 6.07) is 7.48. The monoisotopic (exact) mass is 232 g/mol. The molecule has 90 valence electrons. The lowest BCUT2D eigenvalue weighted by molar-refractivity contribution is 0.469. The summed E-state index contributed by atoms with van der Waals surface area (Å²) >= 11 is 0. The van der Waals surface area contributed by atoms with Crippen LogP contribution in [0.3, 0.4) is 0 Å². The Morgan fingerprint density at radius 2 is 2.35 bits per heavy atom. The molecule has 2 aromatic rings. The Morgan fingerprint density at radius 1 is 1.47 bits per heavy atom. The molecule has 0 aliphatic carbocycles. The predicted molar refractivity (Wildman–Crippen MR) is 64.5 cm³/mol. The summed E-state index contributed by atoms with van der Waals surface area (Å²) in [6.45, 7) is 3.65. The molecule has 1 aromatic carbocycles. The molecule has 0 amide bonds. The first-order valence-electron chi connectivity index (χ1n) is 5.62. The fourth-order valence-corrected chi connectivity index (χ4v) is 1.66. The fourth-order valence-electron chi connectivity index (χ4n) is 1.66. The number of nitrogens with zero attached hydrogens (tertiary/aromatic N) is 3. The van der Waals surface area contributed by atoms with E-state index in [4.69, 9.17) is 0 Å². The number of nitrogens with one attached hydrogen (secondary N) is 1. The maximum Gasteiger partial charge on any atom is 0.115 e. The van der Waals surface area contributed by atoms with Crippen molar-refractivity contribution in [2.45, 2.75) is 19.5 Å². The number of hydrogen-bond acceptors (Lipinski definition) is 4. The van der Waals surface area contributed by atoms with Crippen LogP contribution >= 0.6 is 0 Å². The van der Waals surface area contributed by atoms with Gasteiger partial charge in [-0.1, -0.05) is 17.3 Å². The quantitative estimate of drug-likeness (QED) is 0.816. The number of aromatic nitrogens is 3. The Hall–Kier alpha value is -1.88. The van der Waals surface area contributed by atoms with Crippen molar-refractivity contribution in [2.24, 2.45) is 0 Å². The summed E-state index contributed by atoms with van der Waals surface area (Å²) in [7, 11) is 0.